The van der Waals surface area contributed by atoms with E-state index >= 15 is 0 Å². The zero-order valence-corrected chi connectivity index (χ0v) is 11.6. The third kappa shape index (κ3) is 1.50. The van der Waals surface area contributed by atoms with Gasteiger partial charge in [-0.25, -0.2) is 0 Å². The lowest BCUT2D eigenvalue weighted by atomic mass is 9.86. The molecule has 0 radical (unpaired) electrons. The molecular weight excluding hydrogens is 284 g/mol. The van der Waals surface area contributed by atoms with Crippen molar-refractivity contribution in [1.29, 1.82) is 0 Å². The van der Waals surface area contributed by atoms with Crippen LogP contribution in [0.3, 0.4) is 0 Å². The minimum Gasteiger partial charge on any atom is -0.0660 e. The number of hydrogen-bond donors (Lipinski definition) is 0. The number of halogens is 1. The van der Waals surface area contributed by atoms with Crippen molar-refractivity contribution in [2.24, 2.45) is 5.41 Å². The fourth-order valence-corrected chi connectivity index (χ4v) is 3.72. The molecule has 2 aromatic carbocycles. The molecule has 2 aliphatic carbocycles. The molecule has 1 heteroatoms. The van der Waals surface area contributed by atoms with Gasteiger partial charge in [-0.15, -0.1) is 0 Å². The quantitative estimate of drug-likeness (QED) is 0.701. The molecule has 0 saturated heterocycles. The zero-order chi connectivity index (χ0) is 12.2. The van der Waals surface area contributed by atoms with Crippen LogP contribution in [0.4, 0.5) is 0 Å². The molecule has 0 saturated carbocycles. The molecule has 0 bridgehead atoms. The topological polar surface area (TPSA) is 0 Å². The predicted molar refractivity (Wildman–Crippen MR) is 78.6 cm³/mol. The van der Waals surface area contributed by atoms with Crippen molar-refractivity contribution in [1.82, 2.24) is 0 Å². The molecule has 0 unspecified atom stereocenters. The van der Waals surface area contributed by atoms with Crippen molar-refractivity contribution >= 4 is 28.1 Å². The maximum absolute atomic E-state index is 3.56. The molecule has 0 amide bonds. The third-order valence-corrected chi connectivity index (χ3v) is 4.59. The molecular formula is C17H13Br. The summed E-state index contributed by atoms with van der Waals surface area (Å²) in [6.45, 7) is 0. The summed E-state index contributed by atoms with van der Waals surface area (Å²) in [5, 5.41) is 2.75. The van der Waals surface area contributed by atoms with Gasteiger partial charge >= 0.3 is 0 Å². The van der Waals surface area contributed by atoms with Crippen molar-refractivity contribution in [2.75, 3.05) is 0 Å². The van der Waals surface area contributed by atoms with E-state index in [0.717, 1.165) is 12.8 Å². The van der Waals surface area contributed by atoms with E-state index in [2.05, 4.69) is 70.5 Å². The van der Waals surface area contributed by atoms with Crippen LogP contribution in [0.15, 0.2) is 46.9 Å². The number of fused-ring (bicyclic) bond motifs is 2. The fourth-order valence-electron chi connectivity index (χ4n) is 3.34. The molecule has 1 spiro atoms. The molecule has 0 fully saturated rings. The minimum absolute atomic E-state index is 0.229. The molecule has 0 atom stereocenters. The first-order chi connectivity index (χ1) is 8.74. The van der Waals surface area contributed by atoms with Crippen LogP contribution < -0.4 is 10.4 Å². The highest BCUT2D eigenvalue weighted by molar-refractivity contribution is 9.10. The molecule has 0 heterocycles. The lowest BCUT2D eigenvalue weighted by Crippen LogP contribution is -2.19. The monoisotopic (exact) mass is 296 g/mol. The summed E-state index contributed by atoms with van der Waals surface area (Å²) in [5.74, 6) is 0. The summed E-state index contributed by atoms with van der Waals surface area (Å²) < 4.78 is 1.17. The Morgan fingerprint density at radius 3 is 2.22 bits per heavy atom. The Balaban J connectivity index is 1.87. The van der Waals surface area contributed by atoms with Crippen LogP contribution >= 0.6 is 15.9 Å². The summed E-state index contributed by atoms with van der Waals surface area (Å²) in [4.78, 5) is 0. The van der Waals surface area contributed by atoms with Gasteiger partial charge in [0.15, 0.2) is 0 Å². The van der Waals surface area contributed by atoms with Gasteiger partial charge in [-0.2, -0.15) is 0 Å². The second-order valence-corrected chi connectivity index (χ2v) is 6.33. The average Bonchev–Trinajstić information content (AvgIpc) is 2.87. The van der Waals surface area contributed by atoms with E-state index in [0.29, 0.717) is 0 Å². The second kappa shape index (κ2) is 3.58. The van der Waals surface area contributed by atoms with Crippen LogP contribution in [-0.2, 0) is 12.8 Å². The van der Waals surface area contributed by atoms with Crippen LogP contribution in [0.2, 0.25) is 0 Å². The summed E-state index contributed by atoms with van der Waals surface area (Å²) in [5.41, 5.74) is 3.25. The number of benzene rings is 2. The molecule has 2 aromatic rings. The van der Waals surface area contributed by atoms with Gasteiger partial charge in [-0.1, -0.05) is 58.4 Å². The Morgan fingerprint density at radius 1 is 0.833 bits per heavy atom. The van der Waals surface area contributed by atoms with Crippen LogP contribution in [0.1, 0.15) is 11.1 Å². The summed E-state index contributed by atoms with van der Waals surface area (Å²) in [6.07, 6.45) is 7.20. The van der Waals surface area contributed by atoms with E-state index in [1.807, 2.05) is 0 Å². The van der Waals surface area contributed by atoms with Gasteiger partial charge in [0.2, 0.25) is 0 Å². The first-order valence-corrected chi connectivity index (χ1v) is 7.12. The summed E-state index contributed by atoms with van der Waals surface area (Å²) >= 11 is 3.56. The third-order valence-electron chi connectivity index (χ3n) is 4.09. The first-order valence-electron chi connectivity index (χ1n) is 6.32. The van der Waals surface area contributed by atoms with E-state index in [-0.39, 0.29) is 5.41 Å². The molecule has 4 rings (SSSR count). The summed E-state index contributed by atoms with van der Waals surface area (Å²) in [6, 6.07) is 15.4. The van der Waals surface area contributed by atoms with Gasteiger partial charge in [-0.05, 0) is 46.5 Å². The minimum atomic E-state index is 0.229. The zero-order valence-electron chi connectivity index (χ0n) is 9.99. The van der Waals surface area contributed by atoms with Gasteiger partial charge in [0.05, 0.1) is 0 Å². The van der Waals surface area contributed by atoms with E-state index < -0.39 is 0 Å². The molecule has 18 heavy (non-hydrogen) atoms. The maximum Gasteiger partial charge on any atom is 0.0181 e. The van der Waals surface area contributed by atoms with Gasteiger partial charge in [0.1, 0.15) is 0 Å². The first kappa shape index (κ1) is 10.6. The largest absolute Gasteiger partial charge is 0.0660 e. The van der Waals surface area contributed by atoms with E-state index in [1.165, 1.54) is 26.0 Å². The van der Waals surface area contributed by atoms with Crippen LogP contribution in [-0.4, -0.2) is 0 Å². The van der Waals surface area contributed by atoms with Gasteiger partial charge in [0, 0.05) is 9.89 Å². The number of hydrogen-bond acceptors (Lipinski definition) is 0. The molecule has 0 N–H and O–H groups in total. The van der Waals surface area contributed by atoms with Gasteiger partial charge in [-0.3, -0.25) is 0 Å². The smallest absolute Gasteiger partial charge is 0.0181 e. The predicted octanol–water partition coefficient (Wildman–Crippen LogP) is 2.81. The molecule has 0 aromatic heterocycles. The average molecular weight is 297 g/mol. The molecule has 88 valence electrons. The normalized spacial score (nSPS) is 18.1. The maximum atomic E-state index is 3.56. The highest BCUT2D eigenvalue weighted by atomic mass is 79.9. The van der Waals surface area contributed by atoms with Gasteiger partial charge < -0.3 is 0 Å². The Labute approximate surface area is 115 Å². The van der Waals surface area contributed by atoms with E-state index in [9.17, 15) is 0 Å². The van der Waals surface area contributed by atoms with Crippen LogP contribution in [0.5, 0.6) is 0 Å². The fraction of sp³-hybridized carbons (Fsp3) is 0.176. The van der Waals surface area contributed by atoms with Crippen LogP contribution in [0.25, 0.3) is 12.2 Å². The van der Waals surface area contributed by atoms with Gasteiger partial charge in [0.25, 0.3) is 0 Å². The Morgan fingerprint density at radius 2 is 1.50 bits per heavy atom. The lowest BCUT2D eigenvalue weighted by molar-refractivity contribution is 0.610. The van der Waals surface area contributed by atoms with E-state index in [4.69, 9.17) is 0 Å². The Hall–Kier alpha value is -1.34. The molecule has 0 nitrogen and oxygen atoms in total. The SMILES string of the molecule is Brc1ccc2c(c1)=CC1(C=2)Cc2ccccc2C1. The van der Waals surface area contributed by atoms with Crippen molar-refractivity contribution in [3.05, 3.63) is 68.5 Å². The lowest BCUT2D eigenvalue weighted by Gasteiger charge is -2.16. The van der Waals surface area contributed by atoms with Crippen molar-refractivity contribution in [3.63, 3.8) is 0 Å². The Kier molecular flexibility index (Phi) is 2.10. The second-order valence-electron chi connectivity index (χ2n) is 5.42. The van der Waals surface area contributed by atoms with E-state index in [1.54, 1.807) is 0 Å². The Bertz CT molecular complexity index is 730. The highest BCUT2D eigenvalue weighted by Crippen LogP contribution is 2.40. The standard InChI is InChI=1S/C17H13Br/c18-16-6-5-14-10-17(11-15(14)7-16)8-12-3-1-2-4-13(12)9-17/h1-7,10-11H,8-9H2. The van der Waals surface area contributed by atoms with Crippen molar-refractivity contribution in [2.45, 2.75) is 12.8 Å². The van der Waals surface area contributed by atoms with Crippen molar-refractivity contribution in [3.8, 4) is 0 Å². The number of rotatable bonds is 0. The summed E-state index contributed by atoms with van der Waals surface area (Å²) in [7, 11) is 0. The van der Waals surface area contributed by atoms with Crippen molar-refractivity contribution < 1.29 is 0 Å². The molecule has 0 aliphatic heterocycles. The molecule has 2 aliphatic rings. The van der Waals surface area contributed by atoms with Crippen LogP contribution in [0, 0.1) is 5.41 Å². The highest BCUT2D eigenvalue weighted by Gasteiger charge is 2.34.